The molecule has 0 aliphatic heterocycles. The molecule has 0 saturated heterocycles. The van der Waals surface area contributed by atoms with Crippen molar-refractivity contribution in [3.63, 3.8) is 0 Å². The van der Waals surface area contributed by atoms with Gasteiger partial charge in [0.1, 0.15) is 5.82 Å². The Morgan fingerprint density at radius 2 is 2.18 bits per heavy atom. The summed E-state index contributed by atoms with van der Waals surface area (Å²) in [4.78, 5) is 4.69. The van der Waals surface area contributed by atoms with Gasteiger partial charge in [-0.05, 0) is 39.7 Å². The second kappa shape index (κ2) is 5.65. The number of hydrogen-bond donors (Lipinski definition) is 1. The summed E-state index contributed by atoms with van der Waals surface area (Å²) in [5, 5.41) is 3.30. The standard InChI is InChI=1S/C13H23N3O/c1-10-15-12-6-4-5-7-13(12)16(10)8-11(14-2)9-17-3/h11,14H,4-9H2,1-3H3. The number of likely N-dealkylation sites (N-methyl/N-ethyl adjacent to an activating group) is 1. The zero-order chi connectivity index (χ0) is 12.3. The van der Waals surface area contributed by atoms with Crippen molar-refractivity contribution in [2.45, 2.75) is 45.2 Å². The van der Waals surface area contributed by atoms with Crippen LogP contribution >= 0.6 is 0 Å². The van der Waals surface area contributed by atoms with E-state index in [9.17, 15) is 0 Å². The van der Waals surface area contributed by atoms with E-state index in [2.05, 4.69) is 16.8 Å². The summed E-state index contributed by atoms with van der Waals surface area (Å²) < 4.78 is 7.60. The zero-order valence-corrected chi connectivity index (χ0v) is 11.1. The molecule has 1 unspecified atom stereocenters. The normalized spacial score (nSPS) is 16.9. The van der Waals surface area contributed by atoms with Crippen LogP contribution in [0.25, 0.3) is 0 Å². The van der Waals surface area contributed by atoms with Gasteiger partial charge in [0.2, 0.25) is 0 Å². The van der Waals surface area contributed by atoms with E-state index in [1.807, 2.05) is 7.05 Å². The number of aryl methyl sites for hydroxylation is 2. The maximum absolute atomic E-state index is 5.23. The first kappa shape index (κ1) is 12.6. The molecule has 0 spiro atoms. The predicted octanol–water partition coefficient (Wildman–Crippen LogP) is 1.30. The molecular weight excluding hydrogens is 214 g/mol. The molecule has 1 atom stereocenters. The van der Waals surface area contributed by atoms with Crippen LogP contribution in [0.1, 0.15) is 30.1 Å². The minimum atomic E-state index is 0.360. The molecule has 1 heterocycles. The van der Waals surface area contributed by atoms with E-state index in [0.717, 1.165) is 25.4 Å². The first-order valence-corrected chi connectivity index (χ1v) is 6.47. The van der Waals surface area contributed by atoms with Gasteiger partial charge in [-0.2, -0.15) is 0 Å². The molecule has 0 amide bonds. The fourth-order valence-corrected chi connectivity index (χ4v) is 2.63. The van der Waals surface area contributed by atoms with Crippen molar-refractivity contribution in [2.24, 2.45) is 0 Å². The van der Waals surface area contributed by atoms with Crippen LogP contribution in [0.15, 0.2) is 0 Å². The Morgan fingerprint density at radius 1 is 1.41 bits per heavy atom. The Kier molecular flexibility index (Phi) is 4.18. The first-order valence-electron chi connectivity index (χ1n) is 6.47. The highest BCUT2D eigenvalue weighted by Gasteiger charge is 2.19. The second-order valence-electron chi connectivity index (χ2n) is 4.81. The monoisotopic (exact) mass is 237 g/mol. The van der Waals surface area contributed by atoms with Crippen LogP contribution in [-0.4, -0.2) is 36.4 Å². The summed E-state index contributed by atoms with van der Waals surface area (Å²) in [6, 6.07) is 0.360. The fraction of sp³-hybridized carbons (Fsp3) is 0.769. The number of rotatable bonds is 5. The number of imidazole rings is 1. The summed E-state index contributed by atoms with van der Waals surface area (Å²) in [6.07, 6.45) is 4.92. The summed E-state index contributed by atoms with van der Waals surface area (Å²) >= 11 is 0. The van der Waals surface area contributed by atoms with E-state index >= 15 is 0 Å². The average molecular weight is 237 g/mol. The zero-order valence-electron chi connectivity index (χ0n) is 11.1. The third kappa shape index (κ3) is 2.69. The Bertz CT molecular complexity index is 373. The molecule has 1 N–H and O–H groups in total. The lowest BCUT2D eigenvalue weighted by molar-refractivity contribution is 0.161. The minimum absolute atomic E-state index is 0.360. The SMILES string of the molecule is CNC(COC)Cn1c(C)nc2c1CCCC2. The Hall–Kier alpha value is -0.870. The van der Waals surface area contributed by atoms with Crippen LogP contribution in [0.5, 0.6) is 0 Å². The number of nitrogens with zero attached hydrogens (tertiary/aromatic N) is 2. The van der Waals surface area contributed by atoms with Gasteiger partial charge in [-0.15, -0.1) is 0 Å². The molecule has 0 fully saturated rings. The van der Waals surface area contributed by atoms with Crippen LogP contribution in [0.3, 0.4) is 0 Å². The van der Waals surface area contributed by atoms with Crippen LogP contribution in [-0.2, 0) is 24.1 Å². The highest BCUT2D eigenvalue weighted by molar-refractivity contribution is 5.20. The molecule has 4 heteroatoms. The topological polar surface area (TPSA) is 39.1 Å². The van der Waals surface area contributed by atoms with Gasteiger partial charge in [-0.25, -0.2) is 4.98 Å². The summed E-state index contributed by atoms with van der Waals surface area (Å²) in [7, 11) is 3.74. The molecule has 1 aromatic heterocycles. The van der Waals surface area contributed by atoms with Gasteiger partial charge in [-0.3, -0.25) is 0 Å². The number of fused-ring (bicyclic) bond motifs is 1. The van der Waals surface area contributed by atoms with E-state index in [1.165, 1.54) is 30.7 Å². The molecule has 4 nitrogen and oxygen atoms in total. The van der Waals surface area contributed by atoms with Gasteiger partial charge in [0.15, 0.2) is 0 Å². The van der Waals surface area contributed by atoms with Crippen molar-refractivity contribution in [2.75, 3.05) is 20.8 Å². The average Bonchev–Trinajstić information content (AvgIpc) is 2.65. The van der Waals surface area contributed by atoms with E-state index in [-0.39, 0.29) is 0 Å². The first-order chi connectivity index (χ1) is 8.26. The smallest absolute Gasteiger partial charge is 0.106 e. The Morgan fingerprint density at radius 3 is 2.88 bits per heavy atom. The molecule has 0 aromatic carbocycles. The fourth-order valence-electron chi connectivity index (χ4n) is 2.63. The number of hydrogen-bond acceptors (Lipinski definition) is 3. The molecule has 96 valence electrons. The molecule has 0 saturated carbocycles. The van der Waals surface area contributed by atoms with Crippen molar-refractivity contribution in [3.8, 4) is 0 Å². The van der Waals surface area contributed by atoms with E-state index < -0.39 is 0 Å². The molecule has 1 aromatic rings. The number of ether oxygens (including phenoxy) is 1. The summed E-state index contributed by atoms with van der Waals surface area (Å²) in [5.41, 5.74) is 2.77. The minimum Gasteiger partial charge on any atom is -0.383 e. The van der Waals surface area contributed by atoms with Gasteiger partial charge < -0.3 is 14.6 Å². The largest absolute Gasteiger partial charge is 0.383 e. The lowest BCUT2D eigenvalue weighted by Gasteiger charge is -2.20. The molecule has 0 radical (unpaired) electrons. The van der Waals surface area contributed by atoms with Crippen molar-refractivity contribution in [1.29, 1.82) is 0 Å². The maximum Gasteiger partial charge on any atom is 0.106 e. The highest BCUT2D eigenvalue weighted by atomic mass is 16.5. The Labute approximate surface area is 103 Å². The van der Waals surface area contributed by atoms with Gasteiger partial charge >= 0.3 is 0 Å². The van der Waals surface area contributed by atoms with Crippen LogP contribution in [0.2, 0.25) is 0 Å². The number of aromatic nitrogens is 2. The van der Waals surface area contributed by atoms with Crippen LogP contribution < -0.4 is 5.32 Å². The third-order valence-corrected chi connectivity index (χ3v) is 3.60. The second-order valence-corrected chi connectivity index (χ2v) is 4.81. The van der Waals surface area contributed by atoms with Crippen molar-refractivity contribution in [3.05, 3.63) is 17.2 Å². The maximum atomic E-state index is 5.23. The van der Waals surface area contributed by atoms with Gasteiger partial charge in [0.05, 0.1) is 12.3 Å². The summed E-state index contributed by atoms with van der Waals surface area (Å²) in [5.74, 6) is 1.15. The lowest BCUT2D eigenvalue weighted by atomic mass is 10.0. The van der Waals surface area contributed by atoms with Gasteiger partial charge in [-0.1, -0.05) is 0 Å². The molecule has 1 aliphatic rings. The molecule has 0 bridgehead atoms. The molecular formula is C13H23N3O. The van der Waals surface area contributed by atoms with Gasteiger partial charge in [0.25, 0.3) is 0 Å². The highest BCUT2D eigenvalue weighted by Crippen LogP contribution is 2.22. The van der Waals surface area contributed by atoms with E-state index in [0.29, 0.717) is 6.04 Å². The van der Waals surface area contributed by atoms with Crippen molar-refractivity contribution >= 4 is 0 Å². The quantitative estimate of drug-likeness (QED) is 0.839. The van der Waals surface area contributed by atoms with Crippen LogP contribution in [0.4, 0.5) is 0 Å². The van der Waals surface area contributed by atoms with Gasteiger partial charge in [0, 0.05) is 25.4 Å². The van der Waals surface area contributed by atoms with Crippen molar-refractivity contribution < 1.29 is 4.74 Å². The van der Waals surface area contributed by atoms with E-state index in [4.69, 9.17) is 9.72 Å². The third-order valence-electron chi connectivity index (χ3n) is 3.60. The molecule has 2 rings (SSSR count). The Balaban J connectivity index is 2.16. The number of nitrogens with one attached hydrogen (secondary N) is 1. The number of methoxy groups -OCH3 is 1. The van der Waals surface area contributed by atoms with Crippen molar-refractivity contribution in [1.82, 2.24) is 14.9 Å². The lowest BCUT2D eigenvalue weighted by Crippen LogP contribution is -2.35. The van der Waals surface area contributed by atoms with E-state index in [1.54, 1.807) is 7.11 Å². The molecule has 17 heavy (non-hydrogen) atoms. The summed E-state index contributed by atoms with van der Waals surface area (Å²) in [6.45, 7) is 3.80. The molecule has 1 aliphatic carbocycles. The predicted molar refractivity (Wildman–Crippen MR) is 68.3 cm³/mol. The van der Waals surface area contributed by atoms with Crippen LogP contribution in [0, 0.1) is 6.92 Å².